The summed E-state index contributed by atoms with van der Waals surface area (Å²) in [4.78, 5) is 11.1. The van der Waals surface area contributed by atoms with E-state index in [0.29, 0.717) is 27.1 Å². The predicted octanol–water partition coefficient (Wildman–Crippen LogP) is 4.08. The number of halogens is 1. The van der Waals surface area contributed by atoms with Crippen LogP contribution in [0, 0.1) is 4.77 Å². The van der Waals surface area contributed by atoms with E-state index in [-0.39, 0.29) is 0 Å². The van der Waals surface area contributed by atoms with Gasteiger partial charge in [-0.3, -0.25) is 4.79 Å². The third-order valence-corrected chi connectivity index (χ3v) is 4.00. The Morgan fingerprint density at radius 1 is 1.30 bits per heavy atom. The molecule has 0 aliphatic rings. The fourth-order valence-corrected chi connectivity index (χ4v) is 2.71. The Bertz CT molecular complexity index is 1070. The summed E-state index contributed by atoms with van der Waals surface area (Å²) in [5, 5.41) is 11.9. The first kappa shape index (κ1) is 18.8. The highest BCUT2D eigenvalue weighted by molar-refractivity contribution is 7.71. The second-order valence-electron chi connectivity index (χ2n) is 5.42. The minimum Gasteiger partial charge on any atom is -0.493 e. The van der Waals surface area contributed by atoms with E-state index in [4.69, 9.17) is 33.3 Å². The number of carbonyl (C=O) groups is 1. The van der Waals surface area contributed by atoms with E-state index in [9.17, 15) is 4.79 Å². The number of nitrogens with zero attached hydrogens (tertiary/aromatic N) is 3. The first-order chi connectivity index (χ1) is 13.0. The summed E-state index contributed by atoms with van der Waals surface area (Å²) in [6, 6.07) is 12.3. The second kappa shape index (κ2) is 8.15. The highest BCUT2D eigenvalue weighted by Gasteiger charge is 2.10. The van der Waals surface area contributed by atoms with Gasteiger partial charge in [0, 0.05) is 17.5 Å². The summed E-state index contributed by atoms with van der Waals surface area (Å²) in [5.41, 5.74) is 1.50. The van der Waals surface area contributed by atoms with E-state index < -0.39 is 5.97 Å². The van der Waals surface area contributed by atoms with Crippen LogP contribution in [0.15, 0.2) is 47.6 Å². The lowest BCUT2D eigenvalue weighted by atomic mass is 10.2. The summed E-state index contributed by atoms with van der Waals surface area (Å²) in [6.07, 6.45) is 1.60. The SMILES string of the molecule is COc1cc(/C=N/n2c(-c3cccc(Cl)c3)n[nH]c2=S)ccc1OC(C)=O. The smallest absolute Gasteiger partial charge is 0.308 e. The maximum absolute atomic E-state index is 11.1. The summed E-state index contributed by atoms with van der Waals surface area (Å²) in [6.45, 7) is 1.33. The van der Waals surface area contributed by atoms with Crippen molar-refractivity contribution in [2.24, 2.45) is 5.10 Å². The van der Waals surface area contributed by atoms with Gasteiger partial charge in [0.25, 0.3) is 0 Å². The quantitative estimate of drug-likeness (QED) is 0.301. The number of nitrogens with one attached hydrogen (secondary N) is 1. The maximum atomic E-state index is 11.1. The Morgan fingerprint density at radius 3 is 2.81 bits per heavy atom. The van der Waals surface area contributed by atoms with Gasteiger partial charge in [-0.05, 0) is 48.1 Å². The monoisotopic (exact) mass is 402 g/mol. The van der Waals surface area contributed by atoms with Crippen LogP contribution in [-0.4, -0.2) is 34.2 Å². The molecule has 2 aromatic carbocycles. The van der Waals surface area contributed by atoms with Crippen molar-refractivity contribution in [2.45, 2.75) is 6.92 Å². The van der Waals surface area contributed by atoms with Crippen LogP contribution in [-0.2, 0) is 4.79 Å². The van der Waals surface area contributed by atoms with Gasteiger partial charge in [0.15, 0.2) is 17.3 Å². The van der Waals surface area contributed by atoms with Gasteiger partial charge in [-0.2, -0.15) is 14.9 Å². The van der Waals surface area contributed by atoms with Crippen LogP contribution >= 0.6 is 23.8 Å². The second-order valence-corrected chi connectivity index (χ2v) is 6.25. The number of aromatic nitrogens is 3. The molecule has 0 unspecified atom stereocenters. The Morgan fingerprint density at radius 2 is 2.11 bits per heavy atom. The van der Waals surface area contributed by atoms with Crippen molar-refractivity contribution >= 4 is 36.0 Å². The summed E-state index contributed by atoms with van der Waals surface area (Å²) in [5.74, 6) is 0.856. The Labute approximate surface area is 165 Å². The van der Waals surface area contributed by atoms with Crippen molar-refractivity contribution < 1.29 is 14.3 Å². The molecule has 1 aromatic heterocycles. The van der Waals surface area contributed by atoms with Crippen LogP contribution in [0.5, 0.6) is 11.5 Å². The van der Waals surface area contributed by atoms with Gasteiger partial charge in [0.05, 0.1) is 13.3 Å². The Balaban J connectivity index is 1.94. The Hall–Kier alpha value is -2.97. The number of carbonyl (C=O) groups excluding carboxylic acids is 1. The molecule has 3 rings (SSSR count). The molecule has 1 heterocycles. The summed E-state index contributed by atoms with van der Waals surface area (Å²) in [7, 11) is 1.49. The molecule has 0 aliphatic heterocycles. The Kier molecular flexibility index (Phi) is 5.68. The molecule has 27 heavy (non-hydrogen) atoms. The molecule has 0 bridgehead atoms. The average molecular weight is 403 g/mol. The molecule has 0 saturated carbocycles. The minimum atomic E-state index is -0.425. The first-order valence-corrected chi connectivity index (χ1v) is 8.60. The molecule has 0 aliphatic carbocycles. The van der Waals surface area contributed by atoms with Crippen molar-refractivity contribution in [3.63, 3.8) is 0 Å². The molecule has 7 nitrogen and oxygen atoms in total. The molecule has 0 fully saturated rings. The van der Waals surface area contributed by atoms with Gasteiger partial charge < -0.3 is 9.47 Å². The first-order valence-electron chi connectivity index (χ1n) is 7.82. The van der Waals surface area contributed by atoms with Crippen molar-refractivity contribution in [3.05, 3.63) is 57.8 Å². The maximum Gasteiger partial charge on any atom is 0.308 e. The van der Waals surface area contributed by atoms with Crippen molar-refractivity contribution in [3.8, 4) is 22.9 Å². The van der Waals surface area contributed by atoms with E-state index in [1.165, 1.54) is 18.7 Å². The van der Waals surface area contributed by atoms with E-state index in [0.717, 1.165) is 11.1 Å². The summed E-state index contributed by atoms with van der Waals surface area (Å²) < 4.78 is 12.2. The lowest BCUT2D eigenvalue weighted by molar-refractivity contribution is -0.132. The topological polar surface area (TPSA) is 81.5 Å². The third-order valence-electron chi connectivity index (χ3n) is 3.50. The zero-order valence-electron chi connectivity index (χ0n) is 14.5. The largest absolute Gasteiger partial charge is 0.493 e. The summed E-state index contributed by atoms with van der Waals surface area (Å²) >= 11 is 11.3. The molecule has 0 atom stereocenters. The van der Waals surface area contributed by atoms with Crippen LogP contribution in [0.4, 0.5) is 0 Å². The van der Waals surface area contributed by atoms with Crippen molar-refractivity contribution in [1.82, 2.24) is 14.9 Å². The van der Waals surface area contributed by atoms with Gasteiger partial charge in [-0.1, -0.05) is 23.7 Å². The molecular formula is C18H15ClN4O3S. The number of ether oxygens (including phenoxy) is 2. The van der Waals surface area contributed by atoms with Gasteiger partial charge >= 0.3 is 5.97 Å². The molecule has 0 saturated heterocycles. The fourth-order valence-electron chi connectivity index (χ4n) is 2.34. The molecule has 9 heteroatoms. The van der Waals surface area contributed by atoms with Crippen molar-refractivity contribution in [2.75, 3.05) is 7.11 Å². The van der Waals surface area contributed by atoms with Gasteiger partial charge in [0.2, 0.25) is 4.77 Å². The molecular weight excluding hydrogens is 388 g/mol. The zero-order valence-corrected chi connectivity index (χ0v) is 16.0. The average Bonchev–Trinajstić information content (AvgIpc) is 3.01. The number of rotatable bonds is 5. The number of aromatic amines is 1. The van der Waals surface area contributed by atoms with Crippen LogP contribution in [0.3, 0.4) is 0 Å². The van der Waals surface area contributed by atoms with E-state index in [1.807, 2.05) is 12.1 Å². The molecule has 1 N–H and O–H groups in total. The standard InChI is InChI=1S/C18H15ClN4O3S/c1-11(24)26-15-7-6-12(8-16(15)25-2)10-20-23-17(21-22-18(23)27)13-4-3-5-14(19)9-13/h3-10H,1-2H3,(H,22,27)/b20-10+. The molecule has 0 amide bonds. The molecule has 138 valence electrons. The number of esters is 1. The van der Waals surface area contributed by atoms with E-state index >= 15 is 0 Å². The minimum absolute atomic E-state index is 0.335. The number of hydrogen-bond donors (Lipinski definition) is 1. The normalized spacial score (nSPS) is 10.9. The third kappa shape index (κ3) is 4.42. The predicted molar refractivity (Wildman–Crippen MR) is 105 cm³/mol. The number of H-pyrrole nitrogens is 1. The molecule has 3 aromatic rings. The zero-order chi connectivity index (χ0) is 19.4. The lowest BCUT2D eigenvalue weighted by Crippen LogP contribution is -2.03. The van der Waals surface area contributed by atoms with E-state index in [2.05, 4.69) is 15.3 Å². The van der Waals surface area contributed by atoms with Crippen LogP contribution in [0.25, 0.3) is 11.4 Å². The number of benzene rings is 2. The lowest BCUT2D eigenvalue weighted by Gasteiger charge is -2.08. The highest BCUT2D eigenvalue weighted by Crippen LogP contribution is 2.28. The fraction of sp³-hybridized carbons (Fsp3) is 0.111. The van der Waals surface area contributed by atoms with Gasteiger partial charge in [0.1, 0.15) is 0 Å². The molecule has 0 radical (unpaired) electrons. The number of hydrogen-bond acceptors (Lipinski definition) is 6. The van der Waals surface area contributed by atoms with Gasteiger partial charge in [-0.25, -0.2) is 5.10 Å². The van der Waals surface area contributed by atoms with Crippen LogP contribution in [0.1, 0.15) is 12.5 Å². The van der Waals surface area contributed by atoms with Crippen molar-refractivity contribution in [1.29, 1.82) is 0 Å². The number of methoxy groups -OCH3 is 1. The van der Waals surface area contributed by atoms with E-state index in [1.54, 1.807) is 36.5 Å². The van der Waals surface area contributed by atoms with Gasteiger partial charge in [-0.15, -0.1) is 0 Å². The molecule has 0 spiro atoms. The van der Waals surface area contributed by atoms with Crippen LogP contribution in [0.2, 0.25) is 5.02 Å². The van der Waals surface area contributed by atoms with Crippen LogP contribution < -0.4 is 9.47 Å². The highest BCUT2D eigenvalue weighted by atomic mass is 35.5.